The first-order valence-electron chi connectivity index (χ1n) is 2.11. The first-order valence-corrected chi connectivity index (χ1v) is 2.11. The zero-order chi connectivity index (χ0) is 6.85. The molecule has 9 heteroatoms. The number of aromatic nitrogens is 3. The van der Waals surface area contributed by atoms with Crippen LogP contribution in [-0.4, -0.2) is 63.6 Å². The van der Waals surface area contributed by atoms with Crippen molar-refractivity contribution in [1.82, 2.24) is 15.0 Å². The molecule has 8 nitrogen and oxygen atoms in total. The molecule has 12 heavy (non-hydrogen) atoms. The van der Waals surface area contributed by atoms with Crippen LogP contribution in [0.25, 0.3) is 0 Å². The van der Waals surface area contributed by atoms with Crippen LogP contribution in [0.15, 0.2) is 14.4 Å². The Bertz CT molecular complexity index is 284. The Kier molecular flexibility index (Phi) is 10.6. The number of nitrogens with one attached hydrogen (secondary N) is 3. The predicted molar refractivity (Wildman–Crippen MR) is 37.9 cm³/mol. The van der Waals surface area contributed by atoms with Gasteiger partial charge in [0.25, 0.3) is 0 Å². The monoisotopic (exact) mass is 203 g/mol. The first-order chi connectivity index (χ1) is 4.18. The van der Waals surface area contributed by atoms with E-state index >= 15 is 0 Å². The molecule has 5 N–H and O–H groups in total. The van der Waals surface area contributed by atoms with Crippen LogP contribution in [-0.2, 0) is 0 Å². The molecule has 1 aromatic heterocycles. The van der Waals surface area contributed by atoms with E-state index in [1.54, 1.807) is 15.0 Å². The van der Waals surface area contributed by atoms with Crippen molar-refractivity contribution >= 4 is 37.7 Å². The zero-order valence-electron chi connectivity index (χ0n) is 5.83. The summed E-state index contributed by atoms with van der Waals surface area (Å²) in [5, 5.41) is 0. The molecule has 0 aliphatic rings. The van der Waals surface area contributed by atoms with Crippen LogP contribution in [0.4, 0.5) is 0 Å². The smallest absolute Gasteiger partial charge is 0.870 e. The molecule has 1 aromatic rings. The number of aromatic amines is 3. The predicted octanol–water partition coefficient (Wildman–Crippen LogP) is -2.98. The maximum Gasteiger partial charge on any atom is 2.00 e. The minimum absolute atomic E-state index is 0. The topological polar surface area (TPSA) is 159 Å². The molecule has 0 bridgehead atoms. The molecule has 64 valence electrons. The molecular formula is C3H5CaN3O5. The van der Waals surface area contributed by atoms with Crippen LogP contribution in [0.1, 0.15) is 0 Å². The fourth-order valence-corrected chi connectivity index (χ4v) is 0.403. The maximum absolute atomic E-state index is 10.2. The Morgan fingerprint density at radius 3 is 1.00 bits per heavy atom. The van der Waals surface area contributed by atoms with Gasteiger partial charge in [-0.15, -0.1) is 0 Å². The Morgan fingerprint density at radius 1 is 0.667 bits per heavy atom. The molecule has 0 unspecified atom stereocenters. The molecule has 0 aliphatic carbocycles. The van der Waals surface area contributed by atoms with E-state index in [0.717, 1.165) is 0 Å². The van der Waals surface area contributed by atoms with Crippen molar-refractivity contribution in [2.24, 2.45) is 0 Å². The van der Waals surface area contributed by atoms with E-state index < -0.39 is 17.1 Å². The van der Waals surface area contributed by atoms with Crippen molar-refractivity contribution in [3.8, 4) is 0 Å². The van der Waals surface area contributed by atoms with E-state index in [0.29, 0.717) is 0 Å². The van der Waals surface area contributed by atoms with Gasteiger partial charge in [-0.25, -0.2) is 14.4 Å². The third kappa shape index (κ3) is 5.27. The average molecular weight is 203 g/mol. The summed E-state index contributed by atoms with van der Waals surface area (Å²) >= 11 is 0. The molecule has 0 spiro atoms. The Labute approximate surface area is 94.7 Å². The van der Waals surface area contributed by atoms with Crippen LogP contribution in [0, 0.1) is 0 Å². The van der Waals surface area contributed by atoms with Gasteiger partial charge in [0.05, 0.1) is 0 Å². The van der Waals surface area contributed by atoms with E-state index in [4.69, 9.17) is 0 Å². The normalized spacial score (nSPS) is 7.00. The second-order valence-corrected chi connectivity index (χ2v) is 1.36. The largest absolute Gasteiger partial charge is 2.00 e. The van der Waals surface area contributed by atoms with Crippen molar-refractivity contribution in [3.05, 3.63) is 31.5 Å². The average Bonchev–Trinajstić information content (AvgIpc) is 1.59. The SMILES string of the molecule is O=c1[nH]c(=O)[nH]c(=O)[nH]1.[Ca+2].[OH-].[OH-]. The summed E-state index contributed by atoms with van der Waals surface area (Å²) in [5.41, 5.74) is -2.41. The van der Waals surface area contributed by atoms with Crippen molar-refractivity contribution in [3.63, 3.8) is 0 Å². The van der Waals surface area contributed by atoms with E-state index in [1.807, 2.05) is 0 Å². The molecule has 0 saturated carbocycles. The summed E-state index contributed by atoms with van der Waals surface area (Å²) in [6, 6.07) is 0. The van der Waals surface area contributed by atoms with Gasteiger partial charge in [0.1, 0.15) is 0 Å². The van der Waals surface area contributed by atoms with Crippen LogP contribution in [0.2, 0.25) is 0 Å². The Hall–Kier alpha value is -0.410. The fraction of sp³-hybridized carbons (Fsp3) is 0. The maximum atomic E-state index is 10.2. The van der Waals surface area contributed by atoms with Gasteiger partial charge in [-0.1, -0.05) is 0 Å². The molecule has 0 fully saturated rings. The minimum atomic E-state index is -0.802. The number of rotatable bonds is 0. The molecule has 1 rings (SSSR count). The third-order valence-corrected chi connectivity index (χ3v) is 0.681. The van der Waals surface area contributed by atoms with Crippen LogP contribution < -0.4 is 17.1 Å². The molecule has 0 aliphatic heterocycles. The third-order valence-electron chi connectivity index (χ3n) is 0.681. The van der Waals surface area contributed by atoms with Crippen molar-refractivity contribution < 1.29 is 11.0 Å². The quantitative estimate of drug-likeness (QED) is 0.383. The van der Waals surface area contributed by atoms with Crippen LogP contribution in [0.3, 0.4) is 0 Å². The van der Waals surface area contributed by atoms with Crippen LogP contribution >= 0.6 is 0 Å². The Morgan fingerprint density at radius 2 is 0.833 bits per heavy atom. The second kappa shape index (κ2) is 7.25. The van der Waals surface area contributed by atoms with Gasteiger partial charge in [0, 0.05) is 0 Å². The number of H-pyrrole nitrogens is 3. The van der Waals surface area contributed by atoms with E-state index in [2.05, 4.69) is 0 Å². The van der Waals surface area contributed by atoms with Gasteiger partial charge in [-0.3, -0.25) is 15.0 Å². The fourth-order valence-electron chi connectivity index (χ4n) is 0.403. The van der Waals surface area contributed by atoms with E-state index in [-0.39, 0.29) is 48.7 Å². The minimum Gasteiger partial charge on any atom is -0.870 e. The summed E-state index contributed by atoms with van der Waals surface area (Å²) in [6.07, 6.45) is 0. The Balaban J connectivity index is -0.000000270. The van der Waals surface area contributed by atoms with E-state index in [1.165, 1.54) is 0 Å². The molecule has 1 heterocycles. The standard InChI is InChI=1S/C3H3N3O3.Ca.2H2O/c7-1-4-2(8)6-3(9)5-1;;;/h(H3,4,5,6,7,8,9);;2*1H2/q;+2;;/p-2. The van der Waals surface area contributed by atoms with Gasteiger partial charge in [0.2, 0.25) is 0 Å². The summed E-state index contributed by atoms with van der Waals surface area (Å²) < 4.78 is 0. The summed E-state index contributed by atoms with van der Waals surface area (Å²) in [5.74, 6) is 0. The molecule has 0 aromatic carbocycles. The van der Waals surface area contributed by atoms with Crippen molar-refractivity contribution in [2.45, 2.75) is 0 Å². The van der Waals surface area contributed by atoms with Gasteiger partial charge in [-0.05, 0) is 0 Å². The summed E-state index contributed by atoms with van der Waals surface area (Å²) in [6.45, 7) is 0. The van der Waals surface area contributed by atoms with Crippen LogP contribution in [0.5, 0.6) is 0 Å². The molecule has 0 radical (unpaired) electrons. The first kappa shape index (κ1) is 17.6. The van der Waals surface area contributed by atoms with Crippen molar-refractivity contribution in [1.29, 1.82) is 0 Å². The number of hydrogen-bond acceptors (Lipinski definition) is 5. The van der Waals surface area contributed by atoms with Gasteiger partial charge in [-0.2, -0.15) is 0 Å². The molecule has 0 amide bonds. The summed E-state index contributed by atoms with van der Waals surface area (Å²) in [7, 11) is 0. The molecule has 0 atom stereocenters. The van der Waals surface area contributed by atoms with Gasteiger partial charge >= 0.3 is 54.8 Å². The molecular weight excluding hydrogens is 198 g/mol. The van der Waals surface area contributed by atoms with E-state index in [9.17, 15) is 14.4 Å². The molecule has 0 saturated heterocycles. The van der Waals surface area contributed by atoms with Gasteiger partial charge in [0.15, 0.2) is 0 Å². The van der Waals surface area contributed by atoms with Gasteiger partial charge < -0.3 is 11.0 Å². The van der Waals surface area contributed by atoms with Crippen molar-refractivity contribution in [2.75, 3.05) is 0 Å². The zero-order valence-corrected chi connectivity index (χ0v) is 8.03. The second-order valence-electron chi connectivity index (χ2n) is 1.36. The summed E-state index contributed by atoms with van der Waals surface area (Å²) in [4.78, 5) is 35.9. The number of hydrogen-bond donors (Lipinski definition) is 3.